The molecule has 5 nitrogen and oxygen atoms in total. The predicted molar refractivity (Wildman–Crippen MR) is 130 cm³/mol. The van der Waals surface area contributed by atoms with E-state index in [1.807, 2.05) is 0 Å². The molecule has 0 spiro atoms. The van der Waals surface area contributed by atoms with Gasteiger partial charge in [0.1, 0.15) is 6.10 Å². The summed E-state index contributed by atoms with van der Waals surface area (Å²) in [6.07, 6.45) is 8.62. The van der Waals surface area contributed by atoms with Gasteiger partial charge in [0.25, 0.3) is 0 Å². The topological polar surface area (TPSA) is 69.7 Å². The molecule has 0 aliphatic heterocycles. The molecule has 4 saturated carbocycles. The highest BCUT2D eigenvalue weighted by molar-refractivity contribution is 9.10. The number of halogens is 1. The Kier molecular flexibility index (Phi) is 7.08. The number of ether oxygens (including phenoxy) is 2. The Labute approximate surface area is 207 Å². The summed E-state index contributed by atoms with van der Waals surface area (Å²) in [4.78, 5) is 37.2. The van der Waals surface area contributed by atoms with E-state index < -0.39 is 0 Å². The van der Waals surface area contributed by atoms with Crippen LogP contribution in [0.15, 0.2) is 0 Å². The molecule has 33 heavy (non-hydrogen) atoms. The molecule has 0 amide bonds. The zero-order valence-electron chi connectivity index (χ0n) is 20.9. The zero-order chi connectivity index (χ0) is 24.1. The van der Waals surface area contributed by atoms with Crippen molar-refractivity contribution in [3.05, 3.63) is 0 Å². The van der Waals surface area contributed by atoms with Crippen LogP contribution in [0.2, 0.25) is 0 Å². The Morgan fingerprint density at radius 3 is 2.55 bits per heavy atom. The minimum absolute atomic E-state index is 0.0296. The first-order chi connectivity index (χ1) is 15.5. The van der Waals surface area contributed by atoms with Crippen LogP contribution < -0.4 is 0 Å². The number of Topliss-reactive ketones (excluding diaryl/α,β-unsaturated/α-hetero) is 1. The lowest BCUT2D eigenvalue weighted by atomic mass is 9.44. The summed E-state index contributed by atoms with van der Waals surface area (Å²) in [6, 6.07) is 0. The normalized spacial score (nSPS) is 45.4. The van der Waals surface area contributed by atoms with Crippen molar-refractivity contribution in [2.45, 2.75) is 96.4 Å². The van der Waals surface area contributed by atoms with Crippen molar-refractivity contribution in [1.29, 1.82) is 0 Å². The van der Waals surface area contributed by atoms with Crippen LogP contribution in [-0.2, 0) is 23.9 Å². The smallest absolute Gasteiger partial charge is 0.305 e. The largest absolute Gasteiger partial charge is 0.469 e. The third-order valence-corrected chi connectivity index (χ3v) is 11.5. The first-order valence-electron chi connectivity index (χ1n) is 13.0. The van der Waals surface area contributed by atoms with Crippen LogP contribution in [0.1, 0.15) is 85.5 Å². The van der Waals surface area contributed by atoms with Gasteiger partial charge in [-0.05, 0) is 92.3 Å². The molecule has 4 aliphatic rings. The molecule has 4 rings (SSSR count). The van der Waals surface area contributed by atoms with Gasteiger partial charge in [-0.25, -0.2) is 0 Å². The summed E-state index contributed by atoms with van der Waals surface area (Å²) in [5.74, 6) is 2.54. The summed E-state index contributed by atoms with van der Waals surface area (Å²) < 4.78 is 10.4. The molecule has 6 heteroatoms. The average molecular weight is 526 g/mol. The first kappa shape index (κ1) is 25.2. The minimum Gasteiger partial charge on any atom is -0.469 e. The van der Waals surface area contributed by atoms with Crippen LogP contribution in [0.5, 0.6) is 0 Å². The lowest BCUT2D eigenvalue weighted by Gasteiger charge is -2.62. The third kappa shape index (κ3) is 4.10. The summed E-state index contributed by atoms with van der Waals surface area (Å²) in [5.41, 5.74) is -0.206. The Morgan fingerprint density at radius 1 is 1.15 bits per heavy atom. The molecule has 4 fully saturated rings. The summed E-state index contributed by atoms with van der Waals surface area (Å²) >= 11 is 3.96. The van der Waals surface area contributed by atoms with Crippen molar-refractivity contribution >= 4 is 33.7 Å². The molecular weight excluding hydrogens is 484 g/mol. The van der Waals surface area contributed by atoms with Gasteiger partial charge in [-0.2, -0.15) is 0 Å². The molecule has 10 atom stereocenters. The van der Waals surface area contributed by atoms with Gasteiger partial charge in [0, 0.05) is 18.8 Å². The van der Waals surface area contributed by atoms with E-state index >= 15 is 0 Å². The molecule has 0 heterocycles. The Morgan fingerprint density at radius 2 is 1.88 bits per heavy atom. The van der Waals surface area contributed by atoms with Crippen LogP contribution >= 0.6 is 15.9 Å². The van der Waals surface area contributed by atoms with E-state index in [1.165, 1.54) is 20.5 Å². The highest BCUT2D eigenvalue weighted by Gasteiger charge is 2.66. The molecule has 0 aromatic heterocycles. The van der Waals surface area contributed by atoms with Gasteiger partial charge in [0.2, 0.25) is 0 Å². The van der Waals surface area contributed by atoms with Crippen molar-refractivity contribution in [1.82, 2.24) is 0 Å². The lowest BCUT2D eigenvalue weighted by Crippen LogP contribution is -2.62. The van der Waals surface area contributed by atoms with Gasteiger partial charge in [-0.3, -0.25) is 14.4 Å². The molecular formula is C27H41BrO5. The number of ketones is 1. The number of hydrogen-bond donors (Lipinski definition) is 0. The van der Waals surface area contributed by atoms with Crippen molar-refractivity contribution in [3.63, 3.8) is 0 Å². The SMILES string of the molecule is COC(=O)CC[C@@H](C)[C@@H]1CC[C@@H]2[C@@H]3CC[C@@H]4C[C@H](OC(C)=O)CC[C@]4(C)[C@@H]3[C@@H](Br)C(=O)[C@]21C. The highest BCUT2D eigenvalue weighted by Crippen LogP contribution is 2.68. The number of carbonyl (C=O) groups excluding carboxylic acids is 3. The molecule has 0 aromatic rings. The maximum atomic E-state index is 14.1. The molecule has 4 aliphatic carbocycles. The molecule has 0 N–H and O–H groups in total. The second-order valence-corrected chi connectivity index (χ2v) is 12.9. The molecule has 0 saturated heterocycles. The van der Waals surface area contributed by atoms with Crippen molar-refractivity contribution in [2.75, 3.05) is 7.11 Å². The monoisotopic (exact) mass is 524 g/mol. The second kappa shape index (κ2) is 9.28. The van der Waals surface area contributed by atoms with Gasteiger partial charge in [0.05, 0.1) is 11.9 Å². The van der Waals surface area contributed by atoms with E-state index in [4.69, 9.17) is 9.47 Å². The fraction of sp³-hybridized carbons (Fsp3) is 0.889. The summed E-state index contributed by atoms with van der Waals surface area (Å²) in [5, 5.41) is 0. The average Bonchev–Trinajstić information content (AvgIpc) is 3.13. The van der Waals surface area contributed by atoms with E-state index in [2.05, 4.69) is 36.7 Å². The fourth-order valence-corrected chi connectivity index (χ4v) is 10.4. The number of rotatable bonds is 5. The molecule has 186 valence electrons. The Balaban J connectivity index is 1.55. The number of alkyl halides is 1. The second-order valence-electron chi connectivity index (χ2n) is 11.9. The first-order valence-corrected chi connectivity index (χ1v) is 13.9. The molecule has 0 aromatic carbocycles. The van der Waals surface area contributed by atoms with E-state index in [0.29, 0.717) is 47.7 Å². The van der Waals surface area contributed by atoms with Gasteiger partial charge in [-0.1, -0.05) is 36.7 Å². The van der Waals surface area contributed by atoms with E-state index in [-0.39, 0.29) is 33.7 Å². The van der Waals surface area contributed by atoms with Gasteiger partial charge < -0.3 is 9.47 Å². The third-order valence-electron chi connectivity index (χ3n) is 10.5. The van der Waals surface area contributed by atoms with Crippen LogP contribution in [0.25, 0.3) is 0 Å². The Hall–Kier alpha value is -0.910. The van der Waals surface area contributed by atoms with Crippen molar-refractivity contribution in [3.8, 4) is 0 Å². The Bertz CT molecular complexity index is 797. The van der Waals surface area contributed by atoms with Gasteiger partial charge in [0.15, 0.2) is 5.78 Å². The summed E-state index contributed by atoms with van der Waals surface area (Å²) in [7, 11) is 1.44. The molecule has 0 radical (unpaired) electrons. The van der Waals surface area contributed by atoms with E-state index in [1.54, 1.807) is 0 Å². The van der Waals surface area contributed by atoms with Gasteiger partial charge in [-0.15, -0.1) is 0 Å². The quantitative estimate of drug-likeness (QED) is 0.339. The van der Waals surface area contributed by atoms with Crippen molar-refractivity contribution < 1.29 is 23.9 Å². The highest BCUT2D eigenvalue weighted by atomic mass is 79.9. The van der Waals surface area contributed by atoms with Crippen LogP contribution in [-0.4, -0.2) is 35.8 Å². The number of methoxy groups -OCH3 is 1. The number of carbonyl (C=O) groups is 3. The van der Waals surface area contributed by atoms with Gasteiger partial charge >= 0.3 is 11.9 Å². The van der Waals surface area contributed by atoms with Crippen LogP contribution in [0, 0.1) is 46.3 Å². The van der Waals surface area contributed by atoms with Crippen LogP contribution in [0.4, 0.5) is 0 Å². The fourth-order valence-electron chi connectivity index (χ4n) is 8.92. The lowest BCUT2D eigenvalue weighted by molar-refractivity contribution is -0.165. The summed E-state index contributed by atoms with van der Waals surface area (Å²) in [6.45, 7) is 8.37. The number of hydrogen-bond acceptors (Lipinski definition) is 5. The minimum atomic E-state index is -0.316. The standard InChI is InChI=1S/C27H41BrO5/c1-15(6-11-22(30)32-5)20-9-10-21-19-8-7-17-14-18(33-16(2)29)12-13-26(17,3)23(19)24(28)25(31)27(20,21)4/h15,17-21,23-24H,6-14H2,1-5H3/t15-,17-,18-,19+,20+,21-,23+,24-,26+,27+/m1/s1. The maximum absolute atomic E-state index is 14.1. The van der Waals surface area contributed by atoms with E-state index in [0.717, 1.165) is 44.9 Å². The molecule has 0 unspecified atom stereocenters. The van der Waals surface area contributed by atoms with Crippen LogP contribution in [0.3, 0.4) is 0 Å². The number of fused-ring (bicyclic) bond motifs is 5. The molecule has 0 bridgehead atoms. The maximum Gasteiger partial charge on any atom is 0.305 e. The van der Waals surface area contributed by atoms with Crippen molar-refractivity contribution in [2.24, 2.45) is 46.3 Å². The zero-order valence-corrected chi connectivity index (χ0v) is 22.5. The van der Waals surface area contributed by atoms with E-state index in [9.17, 15) is 14.4 Å². The predicted octanol–water partition coefficient (Wildman–Crippen LogP) is 5.72. The number of esters is 2.